The van der Waals surface area contributed by atoms with E-state index < -0.39 is 5.97 Å². The zero-order chi connectivity index (χ0) is 20.5. The Bertz CT molecular complexity index is 1150. The number of hydrogen-bond acceptors (Lipinski definition) is 6. The summed E-state index contributed by atoms with van der Waals surface area (Å²) in [5.41, 5.74) is 8.21. The average molecular weight is 399 g/mol. The van der Waals surface area contributed by atoms with Gasteiger partial charge in [-0.1, -0.05) is 11.1 Å². The molecule has 3 aromatic heterocycles. The maximum absolute atomic E-state index is 13.2. The van der Waals surface area contributed by atoms with Crippen molar-refractivity contribution < 1.29 is 23.7 Å². The van der Waals surface area contributed by atoms with Crippen molar-refractivity contribution in [2.75, 3.05) is 45.7 Å². The van der Waals surface area contributed by atoms with E-state index in [-0.39, 0.29) is 16.9 Å². The summed E-state index contributed by atoms with van der Waals surface area (Å²) in [6, 6.07) is 5.19. The van der Waals surface area contributed by atoms with Gasteiger partial charge in [-0.15, -0.1) is 0 Å². The smallest absolute Gasteiger partial charge is 0.344 e. The van der Waals surface area contributed by atoms with Crippen LogP contribution in [0.2, 0.25) is 0 Å². The van der Waals surface area contributed by atoms with Gasteiger partial charge in [-0.05, 0) is 19.1 Å². The highest BCUT2D eigenvalue weighted by molar-refractivity contribution is 5.96. The number of carbonyl (C=O) groups is 1. The zero-order valence-corrected chi connectivity index (χ0v) is 16.6. The molecule has 0 radical (unpaired) electrons. The van der Waals surface area contributed by atoms with Crippen molar-refractivity contribution in [1.29, 1.82) is 0 Å². The number of quaternary nitrogens is 1. The molecule has 3 N–H and O–H groups in total. The molecule has 0 unspecified atom stereocenters. The maximum atomic E-state index is 13.2. The molecule has 0 aromatic carbocycles. The zero-order valence-electron chi connectivity index (χ0n) is 16.6. The number of anilines is 1. The van der Waals surface area contributed by atoms with Gasteiger partial charge in [0.15, 0.2) is 0 Å². The Morgan fingerprint density at radius 3 is 2.90 bits per heavy atom. The molecule has 4 rings (SSSR count). The van der Waals surface area contributed by atoms with E-state index in [1.165, 1.54) is 22.5 Å². The molecule has 0 amide bonds. The van der Waals surface area contributed by atoms with E-state index in [9.17, 15) is 9.59 Å². The Hall–Kier alpha value is -3.04. The first-order chi connectivity index (χ1) is 14.0. The molecular weight excluding hydrogens is 374 g/mol. The highest BCUT2D eigenvalue weighted by Gasteiger charge is 2.26. The Kier molecular flexibility index (Phi) is 5.16. The highest BCUT2D eigenvalue weighted by Crippen LogP contribution is 2.16. The quantitative estimate of drug-likeness (QED) is 0.322. The third kappa shape index (κ3) is 3.43. The molecule has 3 aromatic rings. The monoisotopic (exact) mass is 399 g/mol. The Morgan fingerprint density at radius 2 is 2.17 bits per heavy atom. The number of aromatic nitrogens is 3. The number of ether oxygens (including phenoxy) is 2. The molecule has 1 saturated heterocycles. The van der Waals surface area contributed by atoms with Crippen LogP contribution in [0.4, 0.5) is 5.82 Å². The van der Waals surface area contributed by atoms with Crippen LogP contribution in [-0.4, -0.2) is 55.3 Å². The second-order valence-electron chi connectivity index (χ2n) is 7.24. The number of fused-ring (bicyclic) bond motifs is 2. The fourth-order valence-electron chi connectivity index (χ4n) is 3.79. The number of hydrogen-bond donors (Lipinski definition) is 2. The van der Waals surface area contributed by atoms with E-state index in [1.807, 2.05) is 13.0 Å². The molecule has 9 heteroatoms. The van der Waals surface area contributed by atoms with Gasteiger partial charge in [0.1, 0.15) is 37.1 Å². The molecule has 0 spiro atoms. The first-order valence-corrected chi connectivity index (χ1v) is 9.65. The van der Waals surface area contributed by atoms with Crippen molar-refractivity contribution in [3.63, 3.8) is 0 Å². The molecule has 0 bridgehead atoms. The summed E-state index contributed by atoms with van der Waals surface area (Å²) < 4.78 is 13.6. The lowest BCUT2D eigenvalue weighted by molar-refractivity contribution is -0.923. The second-order valence-corrected chi connectivity index (χ2v) is 7.24. The maximum Gasteiger partial charge on any atom is 0.344 e. The van der Waals surface area contributed by atoms with Crippen LogP contribution < -0.4 is 20.8 Å². The van der Waals surface area contributed by atoms with Crippen LogP contribution in [-0.2, 0) is 16.0 Å². The van der Waals surface area contributed by atoms with Gasteiger partial charge < -0.3 is 20.1 Å². The SMILES string of the molecule is COC(=O)c1cc2c(=O)n3cccc(C)c3nc2[n+](CC[NH+]2CCOCC2)c1N. The Morgan fingerprint density at radius 1 is 1.41 bits per heavy atom. The number of carbonyl (C=O) groups excluding carboxylic acids is 1. The molecule has 0 saturated carbocycles. The van der Waals surface area contributed by atoms with E-state index in [4.69, 9.17) is 20.2 Å². The van der Waals surface area contributed by atoms with Crippen molar-refractivity contribution in [2.24, 2.45) is 0 Å². The van der Waals surface area contributed by atoms with Crippen LogP contribution in [0.5, 0.6) is 0 Å². The average Bonchev–Trinajstić information content (AvgIpc) is 2.74. The third-order valence-electron chi connectivity index (χ3n) is 5.47. The standard InChI is InChI=1S/C20H23N5O4/c1-13-4-3-5-25-17(13)22-18-15(19(25)26)12-14(20(27)28-2)16(21)24(18)7-6-23-8-10-29-11-9-23/h3-5,12,21H,6-11H2,1-2H3/p+2. The van der Waals surface area contributed by atoms with Crippen LogP contribution >= 0.6 is 0 Å². The number of rotatable bonds is 4. The fourth-order valence-corrected chi connectivity index (χ4v) is 3.79. The summed E-state index contributed by atoms with van der Waals surface area (Å²) >= 11 is 0. The molecule has 0 atom stereocenters. The van der Waals surface area contributed by atoms with Crippen molar-refractivity contribution in [1.82, 2.24) is 9.38 Å². The van der Waals surface area contributed by atoms with E-state index in [0.29, 0.717) is 23.2 Å². The second kappa shape index (κ2) is 7.76. The Labute approximate surface area is 167 Å². The first kappa shape index (κ1) is 19.3. The number of morpholine rings is 1. The van der Waals surface area contributed by atoms with Crippen molar-refractivity contribution >= 4 is 28.5 Å². The van der Waals surface area contributed by atoms with Gasteiger partial charge in [0.25, 0.3) is 11.2 Å². The fraction of sp³-hybridized carbons (Fsp3) is 0.400. The molecule has 152 valence electrons. The summed E-state index contributed by atoms with van der Waals surface area (Å²) in [5, 5.41) is 0.333. The van der Waals surface area contributed by atoms with Crippen molar-refractivity contribution in [3.05, 3.63) is 45.9 Å². The van der Waals surface area contributed by atoms with E-state index in [1.54, 1.807) is 16.8 Å². The first-order valence-electron chi connectivity index (χ1n) is 9.65. The summed E-state index contributed by atoms with van der Waals surface area (Å²) in [7, 11) is 1.29. The van der Waals surface area contributed by atoms with E-state index in [0.717, 1.165) is 38.4 Å². The summed E-state index contributed by atoms with van der Waals surface area (Å²) in [6.07, 6.45) is 1.67. The van der Waals surface area contributed by atoms with Gasteiger partial charge in [-0.25, -0.2) is 9.36 Å². The topological polar surface area (TPSA) is 104 Å². The summed E-state index contributed by atoms with van der Waals surface area (Å²) in [6.45, 7) is 6.48. The van der Waals surface area contributed by atoms with Crippen LogP contribution in [0, 0.1) is 6.92 Å². The minimum Gasteiger partial charge on any atom is -0.465 e. The summed E-state index contributed by atoms with van der Waals surface area (Å²) in [5.74, 6) is -0.326. The minimum absolute atomic E-state index is 0.170. The number of nitrogens with two attached hydrogens (primary N) is 1. The highest BCUT2D eigenvalue weighted by atomic mass is 16.5. The molecule has 1 aliphatic heterocycles. The van der Waals surface area contributed by atoms with E-state index >= 15 is 0 Å². The van der Waals surface area contributed by atoms with Crippen LogP contribution in [0.15, 0.2) is 29.2 Å². The number of aryl methyl sites for hydroxylation is 1. The number of nitrogen functional groups attached to an aromatic ring is 1. The number of nitrogens with one attached hydrogen (secondary N) is 1. The number of esters is 1. The largest absolute Gasteiger partial charge is 0.465 e. The van der Waals surface area contributed by atoms with Crippen LogP contribution in [0.3, 0.4) is 0 Å². The molecule has 1 aliphatic rings. The molecule has 4 heterocycles. The van der Waals surface area contributed by atoms with Gasteiger partial charge in [0, 0.05) is 11.8 Å². The molecule has 0 aliphatic carbocycles. The molecular formula is C20H25N5O4+2. The van der Waals surface area contributed by atoms with Gasteiger partial charge in [-0.3, -0.25) is 9.20 Å². The Balaban J connectivity index is 1.93. The van der Waals surface area contributed by atoms with Crippen LogP contribution in [0.25, 0.3) is 16.7 Å². The minimum atomic E-state index is -0.578. The van der Waals surface area contributed by atoms with E-state index in [2.05, 4.69) is 0 Å². The predicted molar refractivity (Wildman–Crippen MR) is 106 cm³/mol. The van der Waals surface area contributed by atoms with Crippen molar-refractivity contribution in [2.45, 2.75) is 13.5 Å². The van der Waals surface area contributed by atoms with Gasteiger partial charge in [-0.2, -0.15) is 0 Å². The lowest BCUT2D eigenvalue weighted by atomic mass is 10.2. The lowest BCUT2D eigenvalue weighted by Crippen LogP contribution is -3.14. The van der Waals surface area contributed by atoms with Crippen molar-refractivity contribution in [3.8, 4) is 0 Å². The molecule has 9 nitrogen and oxygen atoms in total. The third-order valence-corrected chi connectivity index (χ3v) is 5.47. The normalized spacial score (nSPS) is 15.1. The van der Waals surface area contributed by atoms with Gasteiger partial charge in [0.05, 0.1) is 20.3 Å². The van der Waals surface area contributed by atoms with Gasteiger partial charge in [0.2, 0.25) is 11.5 Å². The molecule has 29 heavy (non-hydrogen) atoms. The lowest BCUT2D eigenvalue weighted by Gasteiger charge is -2.23. The predicted octanol–water partition coefficient (Wildman–Crippen LogP) is -1.27. The summed E-state index contributed by atoms with van der Waals surface area (Å²) in [4.78, 5) is 31.6. The number of pyridine rings is 2. The molecule has 1 fully saturated rings. The van der Waals surface area contributed by atoms with Gasteiger partial charge >= 0.3 is 5.97 Å². The number of nitrogens with zero attached hydrogens (tertiary/aromatic N) is 3. The number of methoxy groups -OCH3 is 1. The van der Waals surface area contributed by atoms with Crippen LogP contribution in [0.1, 0.15) is 15.9 Å².